The van der Waals surface area contributed by atoms with Gasteiger partial charge < -0.3 is 29.7 Å². The quantitative estimate of drug-likeness (QED) is 0.105. The first-order valence-corrected chi connectivity index (χ1v) is 23.8. The van der Waals surface area contributed by atoms with Crippen molar-refractivity contribution in [1.29, 1.82) is 0 Å². The zero-order chi connectivity index (χ0) is 47.3. The highest BCUT2D eigenvalue weighted by Crippen LogP contribution is 2.49. The van der Waals surface area contributed by atoms with Gasteiger partial charge >= 0.3 is 6.09 Å². The number of amides is 4. The molecule has 1 aliphatic heterocycles. The van der Waals surface area contributed by atoms with Crippen molar-refractivity contribution >= 4 is 73.5 Å². The molecule has 3 aliphatic carbocycles. The highest BCUT2D eigenvalue weighted by Gasteiger charge is 2.63. The zero-order valence-electron chi connectivity index (χ0n) is 36.4. The fourth-order valence-electron chi connectivity index (χ4n) is 8.97. The van der Waals surface area contributed by atoms with Crippen LogP contribution in [-0.4, -0.2) is 103 Å². The largest absolute Gasteiger partial charge is 0.494 e. The van der Waals surface area contributed by atoms with Gasteiger partial charge in [-0.05, 0) is 83.3 Å². The van der Waals surface area contributed by atoms with E-state index in [2.05, 4.69) is 20.9 Å². The monoisotopic (exact) mass is 966 g/mol. The van der Waals surface area contributed by atoms with E-state index in [0.29, 0.717) is 34.4 Å². The SMILES string of the molecule is COc1cnc(O[C@@H]2C[C@@H](C(=O)N[C@]3(C(=O)NS(=O)(=O)C4CC4)CC3CC(F)F)N(C(=O)[C@@H](NC(=S)NC(=O)OCC3c4ccccc4-c4ccccc43)C(C)(C)C)C2)c2cc(Cl)ccc12. The number of likely N-dealkylation sites (tertiary alicyclic amines) is 1. The standard InChI is InChI=1S/C46H49ClF2N6O9S2/c1-45(2,3)38(51-43(65)52-44(59)63-23-34-30-11-7-5-9-28(30)29-10-6-8-12-31(29)34)41(57)55-22-26(64-40-33-18-25(47)13-16-32(33)36(62-4)21-50-40)19-35(55)39(56)53-46(20-24(46)17-37(48)49)42(58)54-66(60,61)27-14-15-27/h5-13,16,18,21,24,26-27,34-35,37-38H,14-15,17,19-20,22-23H2,1-4H3,(H,53,56)(H,54,58)(H2,51,52,59,65)/t24?,26-,35+,38-,46-/m1/s1. The van der Waals surface area contributed by atoms with Gasteiger partial charge in [0.15, 0.2) is 5.11 Å². The molecular formula is C46H49ClF2N6O9S2. The molecule has 4 N–H and O–H groups in total. The number of hydrogen-bond acceptors (Lipinski definition) is 11. The summed E-state index contributed by atoms with van der Waals surface area (Å²) >= 11 is 11.9. The van der Waals surface area contributed by atoms with E-state index < -0.39 is 87.0 Å². The minimum absolute atomic E-state index is 0.00476. The van der Waals surface area contributed by atoms with Gasteiger partial charge in [-0.15, -0.1) is 0 Å². The van der Waals surface area contributed by atoms with Crippen LogP contribution in [0.5, 0.6) is 11.6 Å². The summed E-state index contributed by atoms with van der Waals surface area (Å²) < 4.78 is 72.8. The number of hydrogen-bond donors (Lipinski definition) is 4. The molecule has 1 unspecified atom stereocenters. The Labute approximate surface area is 390 Å². The third-order valence-corrected chi connectivity index (χ3v) is 14.9. The van der Waals surface area contributed by atoms with Crippen LogP contribution in [0.15, 0.2) is 72.9 Å². The molecule has 2 saturated carbocycles. The molecule has 0 bridgehead atoms. The summed E-state index contributed by atoms with van der Waals surface area (Å²) in [6.45, 7) is 5.03. The van der Waals surface area contributed by atoms with Gasteiger partial charge in [-0.2, -0.15) is 0 Å². The Bertz CT molecular complexity index is 2670. The lowest BCUT2D eigenvalue weighted by Crippen LogP contribution is -2.61. The molecule has 0 spiro atoms. The normalized spacial score (nSPS) is 21.6. The maximum atomic E-state index is 14.9. The van der Waals surface area contributed by atoms with Gasteiger partial charge in [0.2, 0.25) is 34.1 Å². The number of ether oxygens (including phenoxy) is 3. The number of carbonyl (C=O) groups excluding carboxylic acids is 4. The number of carbonyl (C=O) groups is 4. The number of aromatic nitrogens is 1. The number of alkyl carbamates (subject to hydrolysis) is 1. The van der Waals surface area contributed by atoms with Crippen LogP contribution in [0.4, 0.5) is 13.6 Å². The smallest absolute Gasteiger partial charge is 0.413 e. The Kier molecular flexibility index (Phi) is 12.9. The van der Waals surface area contributed by atoms with Crippen LogP contribution in [0, 0.1) is 11.3 Å². The lowest BCUT2D eigenvalue weighted by Gasteiger charge is -2.36. The Hall–Kier alpha value is -5.66. The number of thiocarbonyl (C=S) groups is 1. The van der Waals surface area contributed by atoms with E-state index in [1.54, 1.807) is 39.0 Å². The van der Waals surface area contributed by atoms with Gasteiger partial charge in [0.1, 0.15) is 36.1 Å². The first-order valence-electron chi connectivity index (χ1n) is 21.5. The molecule has 20 heteroatoms. The molecule has 0 radical (unpaired) electrons. The molecule has 3 aromatic carbocycles. The van der Waals surface area contributed by atoms with Gasteiger partial charge in [-0.25, -0.2) is 27.0 Å². The lowest BCUT2D eigenvalue weighted by molar-refractivity contribution is -0.142. The Balaban J connectivity index is 1.03. The van der Waals surface area contributed by atoms with Gasteiger partial charge in [-0.1, -0.05) is 80.9 Å². The molecule has 350 valence electrons. The van der Waals surface area contributed by atoms with Gasteiger partial charge in [0.05, 0.1) is 25.1 Å². The topological polar surface area (TPSA) is 194 Å². The van der Waals surface area contributed by atoms with Gasteiger partial charge in [0, 0.05) is 34.6 Å². The molecule has 4 amide bonds. The minimum Gasteiger partial charge on any atom is -0.494 e. The van der Waals surface area contributed by atoms with Crippen LogP contribution in [0.1, 0.15) is 69.9 Å². The molecule has 4 aliphatic rings. The third kappa shape index (κ3) is 9.60. The number of methoxy groups -OCH3 is 1. The molecule has 8 rings (SSSR count). The maximum Gasteiger partial charge on any atom is 0.413 e. The Morgan fingerprint density at radius 1 is 1.00 bits per heavy atom. The summed E-state index contributed by atoms with van der Waals surface area (Å²) in [5, 5.41) is 8.48. The molecule has 2 heterocycles. The fourth-order valence-corrected chi connectivity index (χ4v) is 10.7. The van der Waals surface area contributed by atoms with Crippen molar-refractivity contribution in [3.63, 3.8) is 0 Å². The molecule has 4 aromatic rings. The van der Waals surface area contributed by atoms with E-state index in [1.165, 1.54) is 18.2 Å². The second-order valence-corrected chi connectivity index (χ2v) is 21.0. The van der Waals surface area contributed by atoms with E-state index in [4.69, 9.17) is 38.0 Å². The van der Waals surface area contributed by atoms with Crippen molar-refractivity contribution in [3.05, 3.63) is 89.1 Å². The summed E-state index contributed by atoms with van der Waals surface area (Å²) in [6, 6.07) is 18.2. The molecule has 1 saturated heterocycles. The molecular weight excluding hydrogens is 918 g/mol. The van der Waals surface area contributed by atoms with E-state index in [1.807, 2.05) is 53.3 Å². The molecule has 5 atom stereocenters. The number of halogens is 3. The van der Waals surface area contributed by atoms with Crippen LogP contribution in [-0.2, 0) is 29.1 Å². The summed E-state index contributed by atoms with van der Waals surface area (Å²) in [5.41, 5.74) is 1.22. The summed E-state index contributed by atoms with van der Waals surface area (Å²) in [6.07, 6.45) is -3.70. The Morgan fingerprint density at radius 2 is 1.67 bits per heavy atom. The number of rotatable bonds is 14. The first kappa shape index (κ1) is 46.9. The summed E-state index contributed by atoms with van der Waals surface area (Å²) in [5.74, 6) is -3.43. The summed E-state index contributed by atoms with van der Waals surface area (Å²) in [7, 11) is -2.64. The van der Waals surface area contributed by atoms with Gasteiger partial charge in [0.25, 0.3) is 5.91 Å². The predicted molar refractivity (Wildman–Crippen MR) is 245 cm³/mol. The maximum absolute atomic E-state index is 14.9. The van der Waals surface area contributed by atoms with Crippen LogP contribution in [0.25, 0.3) is 21.9 Å². The number of pyridine rings is 1. The van der Waals surface area contributed by atoms with Crippen molar-refractivity contribution in [2.45, 2.75) is 94.2 Å². The van der Waals surface area contributed by atoms with Crippen LogP contribution >= 0.6 is 23.8 Å². The number of nitrogens with one attached hydrogen (secondary N) is 4. The average Bonchev–Trinajstić information content (AvgIpc) is 4.17. The minimum atomic E-state index is -4.12. The van der Waals surface area contributed by atoms with E-state index in [0.717, 1.165) is 22.3 Å². The van der Waals surface area contributed by atoms with Gasteiger partial charge in [-0.3, -0.25) is 24.4 Å². The van der Waals surface area contributed by atoms with Crippen molar-refractivity contribution < 1.29 is 50.6 Å². The fraction of sp³-hybridized carbons (Fsp3) is 0.435. The molecule has 15 nitrogen and oxygen atoms in total. The highest BCUT2D eigenvalue weighted by atomic mass is 35.5. The first-order chi connectivity index (χ1) is 31.3. The van der Waals surface area contributed by atoms with E-state index >= 15 is 0 Å². The number of fused-ring (bicyclic) bond motifs is 4. The predicted octanol–water partition coefficient (Wildman–Crippen LogP) is 6.21. The number of nitrogens with zero attached hydrogens (tertiary/aromatic N) is 2. The van der Waals surface area contributed by atoms with Crippen LogP contribution in [0.2, 0.25) is 5.02 Å². The number of sulfonamides is 1. The number of alkyl halides is 2. The highest BCUT2D eigenvalue weighted by molar-refractivity contribution is 7.91. The molecule has 3 fully saturated rings. The summed E-state index contributed by atoms with van der Waals surface area (Å²) in [4.78, 5) is 62.0. The number of benzene rings is 3. The second kappa shape index (κ2) is 18.2. The molecule has 1 aromatic heterocycles. The van der Waals surface area contributed by atoms with Crippen LogP contribution < -0.4 is 30.1 Å². The molecule has 66 heavy (non-hydrogen) atoms. The average molecular weight is 968 g/mol. The van der Waals surface area contributed by atoms with E-state index in [-0.39, 0.29) is 42.9 Å². The Morgan fingerprint density at radius 3 is 2.29 bits per heavy atom. The van der Waals surface area contributed by atoms with Crippen molar-refractivity contribution in [3.8, 4) is 22.8 Å². The van der Waals surface area contributed by atoms with Crippen molar-refractivity contribution in [2.24, 2.45) is 11.3 Å². The zero-order valence-corrected chi connectivity index (χ0v) is 38.8. The van der Waals surface area contributed by atoms with E-state index in [9.17, 15) is 36.4 Å². The lowest BCUT2D eigenvalue weighted by atomic mass is 9.85. The van der Waals surface area contributed by atoms with Crippen molar-refractivity contribution in [2.75, 3.05) is 20.3 Å². The third-order valence-electron chi connectivity index (χ3n) is 12.6. The van der Waals surface area contributed by atoms with Crippen molar-refractivity contribution in [1.82, 2.24) is 30.6 Å². The second-order valence-electron chi connectivity index (χ2n) is 18.2. The van der Waals surface area contributed by atoms with Crippen LogP contribution in [0.3, 0.4) is 0 Å².